The van der Waals surface area contributed by atoms with Gasteiger partial charge in [-0.05, 0) is 36.6 Å². The maximum Gasteiger partial charge on any atom is 0.287 e. The summed E-state index contributed by atoms with van der Waals surface area (Å²) in [6, 6.07) is 7.37. The van der Waals surface area contributed by atoms with Gasteiger partial charge >= 0.3 is 0 Å². The van der Waals surface area contributed by atoms with Crippen molar-refractivity contribution in [1.82, 2.24) is 5.32 Å². The molecule has 0 bridgehead atoms. The van der Waals surface area contributed by atoms with Crippen molar-refractivity contribution >= 4 is 45.2 Å². The summed E-state index contributed by atoms with van der Waals surface area (Å²) in [5.74, 6) is 0.587. The molecule has 116 valence electrons. The van der Waals surface area contributed by atoms with E-state index >= 15 is 0 Å². The van der Waals surface area contributed by atoms with Crippen LogP contribution in [0.3, 0.4) is 0 Å². The SMILES string of the molecule is CC(C)CC(CN)NC(=O)c1cc2cc(Br)ccc2o1.Cl. The van der Waals surface area contributed by atoms with E-state index in [2.05, 4.69) is 35.1 Å². The maximum absolute atomic E-state index is 12.2. The number of nitrogens with two attached hydrogens (primary N) is 1. The molecule has 0 saturated heterocycles. The Morgan fingerprint density at radius 2 is 2.10 bits per heavy atom. The second-order valence-electron chi connectivity index (χ2n) is 5.33. The average Bonchev–Trinajstić information content (AvgIpc) is 2.80. The molecule has 2 rings (SSSR count). The predicted molar refractivity (Wildman–Crippen MR) is 90.9 cm³/mol. The van der Waals surface area contributed by atoms with Crippen LogP contribution < -0.4 is 11.1 Å². The van der Waals surface area contributed by atoms with Crippen LogP contribution in [0.15, 0.2) is 33.2 Å². The van der Waals surface area contributed by atoms with Gasteiger partial charge in [-0.15, -0.1) is 12.4 Å². The number of hydrogen-bond donors (Lipinski definition) is 2. The molecule has 4 nitrogen and oxygen atoms in total. The van der Waals surface area contributed by atoms with Crippen LogP contribution in [0.25, 0.3) is 11.0 Å². The van der Waals surface area contributed by atoms with E-state index in [4.69, 9.17) is 10.2 Å². The number of benzene rings is 1. The maximum atomic E-state index is 12.2. The Balaban J connectivity index is 0.00000220. The molecule has 1 aromatic carbocycles. The largest absolute Gasteiger partial charge is 0.451 e. The highest BCUT2D eigenvalue weighted by molar-refractivity contribution is 9.10. The molecular weight excluding hydrogens is 356 g/mol. The summed E-state index contributed by atoms with van der Waals surface area (Å²) < 4.78 is 6.52. The third-order valence-electron chi connectivity index (χ3n) is 3.08. The van der Waals surface area contributed by atoms with Crippen LogP contribution >= 0.6 is 28.3 Å². The number of amides is 1. The topological polar surface area (TPSA) is 68.3 Å². The summed E-state index contributed by atoms with van der Waals surface area (Å²) in [7, 11) is 0. The highest BCUT2D eigenvalue weighted by atomic mass is 79.9. The monoisotopic (exact) mass is 374 g/mol. The first-order valence-electron chi connectivity index (χ1n) is 6.69. The molecule has 0 radical (unpaired) electrons. The van der Waals surface area contributed by atoms with Crippen molar-refractivity contribution in [2.45, 2.75) is 26.3 Å². The third-order valence-corrected chi connectivity index (χ3v) is 3.57. The molecule has 6 heteroatoms. The van der Waals surface area contributed by atoms with Crippen LogP contribution in [-0.2, 0) is 0 Å². The van der Waals surface area contributed by atoms with Crippen molar-refractivity contribution in [3.8, 4) is 0 Å². The minimum Gasteiger partial charge on any atom is -0.451 e. The minimum atomic E-state index is -0.214. The lowest BCUT2D eigenvalue weighted by Crippen LogP contribution is -2.40. The summed E-state index contributed by atoms with van der Waals surface area (Å²) in [6.07, 6.45) is 0.855. The lowest BCUT2D eigenvalue weighted by Gasteiger charge is -2.17. The molecule has 0 aliphatic carbocycles. The Bertz CT molecular complexity index is 613. The Hall–Kier alpha value is -1.04. The minimum absolute atomic E-state index is 0. The van der Waals surface area contributed by atoms with Crippen molar-refractivity contribution in [1.29, 1.82) is 0 Å². The number of fused-ring (bicyclic) bond motifs is 1. The van der Waals surface area contributed by atoms with Crippen molar-refractivity contribution in [3.63, 3.8) is 0 Å². The van der Waals surface area contributed by atoms with Crippen LogP contribution in [0.1, 0.15) is 30.8 Å². The van der Waals surface area contributed by atoms with Crippen LogP contribution in [0.2, 0.25) is 0 Å². The fraction of sp³-hybridized carbons (Fsp3) is 0.400. The first kappa shape index (κ1) is 18.0. The molecule has 1 heterocycles. The molecule has 0 aliphatic rings. The van der Waals surface area contributed by atoms with Crippen molar-refractivity contribution in [3.05, 3.63) is 34.5 Å². The molecule has 1 unspecified atom stereocenters. The molecule has 0 aliphatic heterocycles. The van der Waals surface area contributed by atoms with Gasteiger partial charge in [0.2, 0.25) is 0 Å². The van der Waals surface area contributed by atoms with E-state index in [1.807, 2.05) is 18.2 Å². The summed E-state index contributed by atoms with van der Waals surface area (Å²) in [6.45, 7) is 4.64. The van der Waals surface area contributed by atoms with Crippen molar-refractivity contribution < 1.29 is 9.21 Å². The molecule has 0 fully saturated rings. The Morgan fingerprint density at radius 1 is 1.38 bits per heavy atom. The van der Waals surface area contributed by atoms with E-state index in [9.17, 15) is 4.79 Å². The molecule has 1 amide bonds. The zero-order valence-electron chi connectivity index (χ0n) is 12.1. The number of carbonyl (C=O) groups excluding carboxylic acids is 1. The first-order valence-corrected chi connectivity index (χ1v) is 7.49. The molecule has 3 N–H and O–H groups in total. The van der Waals surface area contributed by atoms with E-state index in [-0.39, 0.29) is 24.4 Å². The average molecular weight is 376 g/mol. The summed E-state index contributed by atoms with van der Waals surface area (Å²) in [5.41, 5.74) is 6.39. The Kier molecular flexibility index (Phi) is 6.71. The lowest BCUT2D eigenvalue weighted by atomic mass is 10.0. The number of furan rings is 1. The van der Waals surface area contributed by atoms with Crippen LogP contribution in [0.4, 0.5) is 0 Å². The van der Waals surface area contributed by atoms with Gasteiger partial charge < -0.3 is 15.5 Å². The molecule has 1 aromatic heterocycles. The first-order chi connectivity index (χ1) is 9.49. The lowest BCUT2D eigenvalue weighted by molar-refractivity contribution is 0.0908. The second-order valence-corrected chi connectivity index (χ2v) is 6.24. The fourth-order valence-corrected chi connectivity index (χ4v) is 2.54. The Labute approximate surface area is 139 Å². The fourth-order valence-electron chi connectivity index (χ4n) is 2.17. The smallest absolute Gasteiger partial charge is 0.287 e. The van der Waals surface area contributed by atoms with Crippen LogP contribution in [0, 0.1) is 5.92 Å². The van der Waals surface area contributed by atoms with Gasteiger partial charge in [0, 0.05) is 22.4 Å². The van der Waals surface area contributed by atoms with E-state index in [0.29, 0.717) is 23.8 Å². The summed E-state index contributed by atoms with van der Waals surface area (Å²) in [4.78, 5) is 12.2. The van der Waals surface area contributed by atoms with E-state index in [1.54, 1.807) is 6.07 Å². The van der Waals surface area contributed by atoms with Gasteiger partial charge in [-0.2, -0.15) is 0 Å². The molecule has 0 spiro atoms. The highest BCUT2D eigenvalue weighted by Gasteiger charge is 2.17. The summed E-state index contributed by atoms with van der Waals surface area (Å²) in [5, 5.41) is 3.82. The van der Waals surface area contributed by atoms with E-state index in [1.165, 1.54) is 0 Å². The van der Waals surface area contributed by atoms with Gasteiger partial charge in [-0.1, -0.05) is 29.8 Å². The summed E-state index contributed by atoms with van der Waals surface area (Å²) >= 11 is 3.40. The van der Waals surface area contributed by atoms with Crippen LogP contribution in [-0.4, -0.2) is 18.5 Å². The normalized spacial score (nSPS) is 12.2. The second kappa shape index (κ2) is 7.82. The zero-order chi connectivity index (χ0) is 14.7. The zero-order valence-corrected chi connectivity index (χ0v) is 14.5. The molecular formula is C15H20BrClN2O2. The van der Waals surface area contributed by atoms with E-state index in [0.717, 1.165) is 16.3 Å². The van der Waals surface area contributed by atoms with Crippen LogP contribution in [0.5, 0.6) is 0 Å². The van der Waals surface area contributed by atoms with Gasteiger partial charge in [-0.25, -0.2) is 0 Å². The van der Waals surface area contributed by atoms with Crippen molar-refractivity contribution in [2.24, 2.45) is 11.7 Å². The molecule has 2 aromatic rings. The Morgan fingerprint density at radius 3 is 2.71 bits per heavy atom. The van der Waals surface area contributed by atoms with Gasteiger partial charge in [-0.3, -0.25) is 4.79 Å². The quantitative estimate of drug-likeness (QED) is 0.837. The standard InChI is InChI=1S/C15H19BrN2O2.ClH/c1-9(2)5-12(8-17)18-15(19)14-7-10-6-11(16)3-4-13(10)20-14;/h3-4,6-7,9,12H,5,8,17H2,1-2H3,(H,18,19);1H. The predicted octanol–water partition coefficient (Wildman–Crippen LogP) is 3.72. The van der Waals surface area contributed by atoms with Crippen molar-refractivity contribution in [2.75, 3.05) is 6.54 Å². The number of nitrogens with one attached hydrogen (secondary N) is 1. The number of halogens is 2. The highest BCUT2D eigenvalue weighted by Crippen LogP contribution is 2.23. The molecule has 21 heavy (non-hydrogen) atoms. The van der Waals surface area contributed by atoms with Gasteiger partial charge in [0.1, 0.15) is 5.58 Å². The number of hydrogen-bond acceptors (Lipinski definition) is 3. The van der Waals surface area contributed by atoms with Gasteiger partial charge in [0.25, 0.3) is 5.91 Å². The number of rotatable bonds is 5. The molecule has 1 atom stereocenters. The third kappa shape index (κ3) is 4.73. The number of carbonyl (C=O) groups is 1. The molecule has 0 saturated carbocycles. The van der Waals surface area contributed by atoms with Gasteiger partial charge in [0.15, 0.2) is 5.76 Å². The van der Waals surface area contributed by atoms with E-state index < -0.39 is 0 Å². The van der Waals surface area contributed by atoms with Gasteiger partial charge in [0.05, 0.1) is 0 Å².